The maximum Gasteiger partial charge on any atom is 0.306 e. The van der Waals surface area contributed by atoms with E-state index in [-0.39, 0.29) is 76.0 Å². The highest BCUT2D eigenvalue weighted by atomic mass is 32.2. The van der Waals surface area contributed by atoms with Crippen LogP contribution in [0.25, 0.3) is 0 Å². The lowest BCUT2D eigenvalue weighted by molar-refractivity contribution is -0.170. The summed E-state index contributed by atoms with van der Waals surface area (Å²) in [6, 6.07) is 0. The zero-order valence-electron chi connectivity index (χ0n) is 45.3. The van der Waals surface area contributed by atoms with Crippen LogP contribution in [-0.4, -0.2) is 96.3 Å². The molecule has 0 spiro atoms. The fraction of sp³-hybridized carbons (Fsp3) is 0.930. The molecule has 69 heavy (non-hydrogen) atoms. The molecule has 0 rings (SSSR count). The lowest BCUT2D eigenvalue weighted by Gasteiger charge is -2.31. The molecule has 0 unspecified atom stereocenters. The van der Waals surface area contributed by atoms with Gasteiger partial charge < -0.3 is 18.9 Å². The first-order valence-corrected chi connectivity index (χ1v) is 33.4. The maximum atomic E-state index is 13.2. The van der Waals surface area contributed by atoms with Crippen LogP contribution in [0.5, 0.6) is 0 Å². The van der Waals surface area contributed by atoms with Crippen molar-refractivity contribution in [2.75, 3.05) is 72.5 Å². The number of unbranched alkanes of at least 4 members (excludes halogenated alkanes) is 28. The number of hydrogen-bond acceptors (Lipinski definition) is 12. The second-order valence-corrected chi connectivity index (χ2v) is 24.4. The number of thioether (sulfide) groups is 4. The third kappa shape index (κ3) is 50.6. The molecular formula is C57H108O8S4. The largest absolute Gasteiger partial charge is 0.465 e. The van der Waals surface area contributed by atoms with Crippen molar-refractivity contribution in [1.29, 1.82) is 0 Å². The van der Waals surface area contributed by atoms with Crippen molar-refractivity contribution in [3.63, 3.8) is 0 Å². The quantitative estimate of drug-likeness (QED) is 0.0329. The Balaban J connectivity index is 5.43. The van der Waals surface area contributed by atoms with Crippen molar-refractivity contribution in [3.05, 3.63) is 0 Å². The van der Waals surface area contributed by atoms with Crippen LogP contribution in [0.3, 0.4) is 0 Å². The summed E-state index contributed by atoms with van der Waals surface area (Å²) >= 11 is 7.07. The third-order valence-electron chi connectivity index (χ3n) is 12.5. The van der Waals surface area contributed by atoms with Gasteiger partial charge in [-0.15, -0.1) is 0 Å². The van der Waals surface area contributed by atoms with Crippen LogP contribution in [0.1, 0.15) is 259 Å². The van der Waals surface area contributed by atoms with Gasteiger partial charge in [0.05, 0.1) is 25.7 Å². The molecule has 0 amide bonds. The molecule has 0 saturated heterocycles. The van der Waals surface area contributed by atoms with Crippen LogP contribution >= 0.6 is 47.0 Å². The van der Waals surface area contributed by atoms with Crippen molar-refractivity contribution in [3.8, 4) is 0 Å². The molecule has 0 radical (unpaired) electrons. The van der Waals surface area contributed by atoms with Gasteiger partial charge in [-0.1, -0.05) is 207 Å². The Morgan fingerprint density at radius 2 is 0.435 bits per heavy atom. The van der Waals surface area contributed by atoms with Crippen LogP contribution in [0, 0.1) is 5.41 Å². The zero-order chi connectivity index (χ0) is 50.4. The first-order valence-electron chi connectivity index (χ1n) is 28.8. The molecule has 0 fully saturated rings. The first-order chi connectivity index (χ1) is 33.8. The van der Waals surface area contributed by atoms with Crippen LogP contribution in [-0.2, 0) is 38.1 Å². The minimum absolute atomic E-state index is 0.185. The van der Waals surface area contributed by atoms with Crippen LogP contribution in [0.4, 0.5) is 0 Å². The fourth-order valence-electron chi connectivity index (χ4n) is 7.86. The summed E-state index contributed by atoms with van der Waals surface area (Å²) in [5.74, 6) is 5.24. The van der Waals surface area contributed by atoms with E-state index in [0.29, 0.717) is 23.0 Å². The summed E-state index contributed by atoms with van der Waals surface area (Å²) in [5, 5.41) is 0. The van der Waals surface area contributed by atoms with Crippen molar-refractivity contribution < 1.29 is 38.1 Å². The van der Waals surface area contributed by atoms with E-state index in [1.165, 1.54) is 180 Å². The first kappa shape index (κ1) is 68.3. The van der Waals surface area contributed by atoms with Crippen molar-refractivity contribution in [2.45, 2.75) is 259 Å². The molecule has 0 saturated carbocycles. The highest BCUT2D eigenvalue weighted by Crippen LogP contribution is 2.24. The van der Waals surface area contributed by atoms with E-state index >= 15 is 0 Å². The Labute approximate surface area is 443 Å². The predicted octanol–water partition coefficient (Wildman–Crippen LogP) is 17.2. The van der Waals surface area contributed by atoms with E-state index in [2.05, 4.69) is 27.7 Å². The molecule has 0 aliphatic heterocycles. The van der Waals surface area contributed by atoms with E-state index in [1.54, 1.807) is 47.0 Å². The average molecular weight is 1050 g/mol. The average Bonchev–Trinajstić information content (AvgIpc) is 3.35. The van der Waals surface area contributed by atoms with Gasteiger partial charge in [-0.25, -0.2) is 0 Å². The van der Waals surface area contributed by atoms with Gasteiger partial charge in [-0.2, -0.15) is 47.0 Å². The summed E-state index contributed by atoms with van der Waals surface area (Å²) in [6.45, 7) is 8.24. The Hall–Kier alpha value is -0.720. The summed E-state index contributed by atoms with van der Waals surface area (Å²) in [6.07, 6.45) is 41.7. The molecule has 0 N–H and O–H groups in total. The molecule has 0 aromatic heterocycles. The molecule has 0 aliphatic carbocycles. The maximum absolute atomic E-state index is 13.2. The smallest absolute Gasteiger partial charge is 0.306 e. The van der Waals surface area contributed by atoms with Gasteiger partial charge in [-0.3, -0.25) is 19.2 Å². The van der Waals surface area contributed by atoms with E-state index in [1.807, 2.05) is 0 Å². The molecule has 0 atom stereocenters. The van der Waals surface area contributed by atoms with E-state index in [9.17, 15) is 19.2 Å². The van der Waals surface area contributed by atoms with Gasteiger partial charge in [0.15, 0.2) is 0 Å². The number of ether oxygens (including phenoxy) is 4. The number of carbonyl (C=O) groups excluding carboxylic acids is 4. The van der Waals surface area contributed by atoms with Gasteiger partial charge >= 0.3 is 23.9 Å². The minimum Gasteiger partial charge on any atom is -0.465 e. The monoisotopic (exact) mass is 1050 g/mol. The zero-order valence-corrected chi connectivity index (χ0v) is 48.6. The second-order valence-electron chi connectivity index (χ2n) is 19.5. The Morgan fingerprint density at radius 3 is 0.623 bits per heavy atom. The van der Waals surface area contributed by atoms with Crippen LogP contribution in [0.15, 0.2) is 0 Å². The Morgan fingerprint density at radius 1 is 0.261 bits per heavy atom. The third-order valence-corrected chi connectivity index (χ3v) is 16.8. The molecular weight excluding hydrogens is 941 g/mol. The Bertz CT molecular complexity index is 971. The molecule has 8 nitrogen and oxygen atoms in total. The van der Waals surface area contributed by atoms with Crippen LogP contribution in [0.2, 0.25) is 0 Å². The predicted molar refractivity (Wildman–Crippen MR) is 304 cm³/mol. The SMILES string of the molecule is CCCCCCCCCCSCCC(=O)OCC(COC(=O)CCSCCCCCCCCCC)(COC(=O)CCSCCCCCCCCCC)COC(=O)CCSCCCCCCCCCC. The van der Waals surface area contributed by atoms with E-state index in [0.717, 1.165) is 48.7 Å². The number of carbonyl (C=O) groups is 4. The lowest BCUT2D eigenvalue weighted by atomic mass is 9.92. The van der Waals surface area contributed by atoms with Gasteiger partial charge in [0.2, 0.25) is 0 Å². The molecule has 408 valence electrons. The summed E-state index contributed by atoms with van der Waals surface area (Å²) < 4.78 is 23.5. The van der Waals surface area contributed by atoms with Crippen LogP contribution < -0.4 is 0 Å². The van der Waals surface area contributed by atoms with Crippen molar-refractivity contribution >= 4 is 70.9 Å². The van der Waals surface area contributed by atoms with Gasteiger partial charge in [0, 0.05) is 23.0 Å². The molecule has 0 aliphatic rings. The van der Waals surface area contributed by atoms with Gasteiger partial charge in [0.25, 0.3) is 0 Å². The van der Waals surface area contributed by atoms with Crippen molar-refractivity contribution in [1.82, 2.24) is 0 Å². The Kier molecular flexibility index (Phi) is 54.5. The highest BCUT2D eigenvalue weighted by molar-refractivity contribution is 7.99. The number of hydrogen-bond donors (Lipinski definition) is 0. The summed E-state index contributed by atoms with van der Waals surface area (Å²) in [4.78, 5) is 52.7. The standard InChI is InChI=1S/C57H108O8S4/c1-5-9-13-17-21-25-29-33-41-66-45-37-53(58)62-49-57(50-63-54(59)38-46-67-42-34-30-26-22-18-14-10-6-2,51-64-55(60)39-47-68-43-35-31-27-23-19-15-11-7-3)52-65-56(61)40-48-69-44-36-32-28-24-20-16-12-8-4/h5-52H2,1-4H3. The minimum atomic E-state index is -1.22. The second kappa shape index (κ2) is 55.0. The lowest BCUT2D eigenvalue weighted by Crippen LogP contribution is -2.44. The molecule has 0 aromatic rings. The summed E-state index contributed by atoms with van der Waals surface area (Å²) in [5.41, 5.74) is -1.22. The normalized spacial score (nSPS) is 11.5. The van der Waals surface area contributed by atoms with E-state index < -0.39 is 5.41 Å². The van der Waals surface area contributed by atoms with Gasteiger partial charge in [0.1, 0.15) is 31.8 Å². The van der Waals surface area contributed by atoms with Gasteiger partial charge in [-0.05, 0) is 48.7 Å². The molecule has 0 bridgehead atoms. The molecule has 0 heterocycles. The highest BCUT2D eigenvalue weighted by Gasteiger charge is 2.38. The molecule has 0 aromatic carbocycles. The summed E-state index contributed by atoms with van der Waals surface area (Å²) in [7, 11) is 0. The number of esters is 4. The van der Waals surface area contributed by atoms with E-state index in [4.69, 9.17) is 18.9 Å². The topological polar surface area (TPSA) is 105 Å². The van der Waals surface area contributed by atoms with Crippen molar-refractivity contribution in [2.24, 2.45) is 5.41 Å². The molecule has 12 heteroatoms. The number of rotatable bonds is 56. The fourth-order valence-corrected chi connectivity index (χ4v) is 11.5.